The number of nitro groups is 2. The van der Waals surface area contributed by atoms with Gasteiger partial charge in [-0.3, -0.25) is 29.8 Å². The van der Waals surface area contributed by atoms with Gasteiger partial charge in [0.25, 0.3) is 5.69 Å². The zero-order chi connectivity index (χ0) is 46.9. The lowest BCUT2D eigenvalue weighted by atomic mass is 10.0. The molecule has 3 aromatic rings. The van der Waals surface area contributed by atoms with E-state index in [1.54, 1.807) is 18.2 Å². The van der Waals surface area contributed by atoms with Crippen LogP contribution in [-0.4, -0.2) is 73.1 Å². The number of esters is 1. The van der Waals surface area contributed by atoms with E-state index in [2.05, 4.69) is 48.2 Å². The highest BCUT2D eigenvalue weighted by Gasteiger charge is 2.21. The lowest BCUT2D eigenvalue weighted by Gasteiger charge is -2.25. The molecule has 0 amide bonds. The molecule has 0 aliphatic rings. The Kier molecular flexibility index (Phi) is 24.2. The number of nitrogens with zero attached hydrogens (tertiary/aromatic N) is 7. The number of ether oxygens (including phenoxy) is 4. The number of benzene rings is 3. The first-order chi connectivity index (χ1) is 30.9. The predicted octanol–water partition coefficient (Wildman–Crippen LogP) is 13.0. The highest BCUT2D eigenvalue weighted by molar-refractivity contribution is 6.19. The van der Waals surface area contributed by atoms with Crippen LogP contribution in [0.2, 0.25) is 0 Å². The fourth-order valence-electron chi connectivity index (χ4n) is 6.29. The first-order valence-corrected chi connectivity index (χ1v) is 22.9. The lowest BCUT2D eigenvalue weighted by Crippen LogP contribution is -2.31. The highest BCUT2D eigenvalue weighted by Crippen LogP contribution is 2.43. The second-order valence-corrected chi connectivity index (χ2v) is 15.9. The number of halogens is 2. The van der Waals surface area contributed by atoms with E-state index >= 15 is 0 Å². The molecule has 64 heavy (non-hydrogen) atoms. The van der Waals surface area contributed by atoms with Crippen molar-refractivity contribution >= 4 is 74.8 Å². The van der Waals surface area contributed by atoms with Gasteiger partial charge in [0, 0.05) is 42.1 Å². The van der Waals surface area contributed by atoms with E-state index in [0.717, 1.165) is 74.8 Å². The van der Waals surface area contributed by atoms with Crippen LogP contribution < -0.4 is 14.4 Å². The largest absolute Gasteiger partial charge is 0.491 e. The first kappa shape index (κ1) is 53.1. The number of aryl methyl sites for hydroxylation is 1. The molecule has 0 saturated carbocycles. The van der Waals surface area contributed by atoms with E-state index in [0.29, 0.717) is 36.1 Å². The van der Waals surface area contributed by atoms with Crippen molar-refractivity contribution in [2.75, 3.05) is 56.4 Å². The third-order valence-corrected chi connectivity index (χ3v) is 10.7. The summed E-state index contributed by atoms with van der Waals surface area (Å²) in [5.74, 6) is 0.903. The van der Waals surface area contributed by atoms with Crippen molar-refractivity contribution in [2.24, 2.45) is 32.3 Å². The molecule has 0 bridgehead atoms. The van der Waals surface area contributed by atoms with E-state index < -0.39 is 27.2 Å². The number of anilines is 1. The van der Waals surface area contributed by atoms with Gasteiger partial charge in [-0.1, -0.05) is 66.2 Å². The van der Waals surface area contributed by atoms with E-state index in [1.165, 1.54) is 6.07 Å². The molecule has 0 aliphatic heterocycles. The SMILES string of the molecule is CCCCC(CC)COc1cc(/N=N/c2ccc([N+](=O)[O-])cc2[N+](=O)[O-])c(OCC(CC)CCCC)cc1/N=N/c1ccc(N(CCOC(=O)CCCl)COCC(=O)CCCl)cc1C. The molecule has 19 heteroatoms. The summed E-state index contributed by atoms with van der Waals surface area (Å²) >= 11 is 11.4. The van der Waals surface area contributed by atoms with E-state index in [-0.39, 0.29) is 80.1 Å². The third kappa shape index (κ3) is 18.1. The summed E-state index contributed by atoms with van der Waals surface area (Å²) in [5.41, 5.74) is 1.38. The minimum atomic E-state index is -0.745. The molecule has 0 saturated heterocycles. The number of ketones is 1. The number of rotatable bonds is 32. The smallest absolute Gasteiger partial charge is 0.307 e. The molecule has 0 aliphatic carbocycles. The molecular weight excluding hydrogens is 869 g/mol. The van der Waals surface area contributed by atoms with Crippen LogP contribution in [0.4, 0.5) is 39.8 Å². The number of carbonyl (C=O) groups excluding carboxylic acids is 2. The van der Waals surface area contributed by atoms with Gasteiger partial charge in [-0.25, -0.2) is 0 Å². The molecule has 17 nitrogen and oxygen atoms in total. The number of Topliss-reactive ketones (excluding diaryl/α,β-unsaturated/α-hetero) is 1. The molecule has 3 aromatic carbocycles. The molecule has 0 heterocycles. The molecule has 0 spiro atoms. The summed E-state index contributed by atoms with van der Waals surface area (Å²) in [6.45, 7) is 11.3. The van der Waals surface area contributed by atoms with Gasteiger partial charge in [0.05, 0.1) is 47.8 Å². The summed E-state index contributed by atoms with van der Waals surface area (Å²) in [4.78, 5) is 47.8. The zero-order valence-corrected chi connectivity index (χ0v) is 39.0. The average Bonchev–Trinajstić information content (AvgIpc) is 3.28. The van der Waals surface area contributed by atoms with Crippen molar-refractivity contribution in [2.45, 2.75) is 98.8 Å². The Hall–Kier alpha value is -5.26. The Morgan fingerprint density at radius 3 is 1.81 bits per heavy atom. The Balaban J connectivity index is 2.11. The molecular formula is C45H61Cl2N7O10. The van der Waals surface area contributed by atoms with Crippen LogP contribution in [0, 0.1) is 39.0 Å². The fourth-order valence-corrected chi connectivity index (χ4v) is 6.66. The van der Waals surface area contributed by atoms with Gasteiger partial charge in [0.2, 0.25) is 0 Å². The average molecular weight is 931 g/mol. The number of azo groups is 2. The van der Waals surface area contributed by atoms with Crippen LogP contribution in [0.15, 0.2) is 69.0 Å². The lowest BCUT2D eigenvalue weighted by molar-refractivity contribution is -0.393. The van der Waals surface area contributed by atoms with E-state index in [4.69, 9.17) is 42.1 Å². The Morgan fingerprint density at radius 2 is 1.30 bits per heavy atom. The van der Waals surface area contributed by atoms with Crippen LogP contribution in [0.25, 0.3) is 0 Å². The number of carbonyl (C=O) groups is 2. The number of unbranched alkanes of at least 4 members (excludes halogenated alkanes) is 2. The summed E-state index contributed by atoms with van der Waals surface area (Å²) < 4.78 is 23.9. The standard InChI is InChI=1S/C45H61Cl2N7O10/c1-6-10-12-33(8-3)28-63-43-27-41(51-49-39-17-15-36(53(57)58)25-42(39)54(59)60)44(64-29-34(9-4)13-11-7-2)26-40(43)50-48-38-16-14-35(24-32(38)5)52(22-23-62-45(56)19-21-47)31-61-30-37(55)18-20-46/h14-17,24-27,33-34H,6-13,18-23,28-31H2,1-5H3/b50-48+,51-49+. The van der Waals surface area contributed by atoms with Crippen molar-refractivity contribution < 1.29 is 38.4 Å². The zero-order valence-electron chi connectivity index (χ0n) is 37.5. The van der Waals surface area contributed by atoms with Crippen molar-refractivity contribution in [1.29, 1.82) is 0 Å². The van der Waals surface area contributed by atoms with Crippen LogP contribution in [0.5, 0.6) is 11.5 Å². The van der Waals surface area contributed by atoms with Crippen LogP contribution in [0.1, 0.15) is 97.5 Å². The molecule has 0 aromatic heterocycles. The van der Waals surface area contributed by atoms with Crippen molar-refractivity contribution in [3.63, 3.8) is 0 Å². The highest BCUT2D eigenvalue weighted by atomic mass is 35.5. The first-order valence-electron chi connectivity index (χ1n) is 21.8. The Morgan fingerprint density at radius 1 is 0.734 bits per heavy atom. The van der Waals surface area contributed by atoms with Crippen LogP contribution >= 0.6 is 23.2 Å². The third-order valence-electron chi connectivity index (χ3n) is 10.3. The molecule has 0 radical (unpaired) electrons. The van der Waals surface area contributed by atoms with Gasteiger partial charge < -0.3 is 23.8 Å². The van der Waals surface area contributed by atoms with E-state index in [1.807, 2.05) is 24.0 Å². The summed E-state index contributed by atoms with van der Waals surface area (Å²) in [6, 6.07) is 11.9. The van der Waals surface area contributed by atoms with E-state index in [9.17, 15) is 29.8 Å². The predicted molar refractivity (Wildman–Crippen MR) is 248 cm³/mol. The minimum Gasteiger partial charge on any atom is -0.491 e. The maximum absolute atomic E-state index is 12.1. The van der Waals surface area contributed by atoms with Gasteiger partial charge in [-0.15, -0.1) is 38.5 Å². The number of nitro benzene ring substituents is 2. The molecule has 0 N–H and O–H groups in total. The fraction of sp³-hybridized carbons (Fsp3) is 0.556. The Labute approximate surface area is 385 Å². The summed E-state index contributed by atoms with van der Waals surface area (Å²) in [7, 11) is 0. The molecule has 0 fully saturated rings. The van der Waals surface area contributed by atoms with Crippen molar-refractivity contribution in [3.05, 3.63) is 74.3 Å². The second-order valence-electron chi connectivity index (χ2n) is 15.2. The van der Waals surface area contributed by atoms with Crippen molar-refractivity contribution in [1.82, 2.24) is 0 Å². The van der Waals surface area contributed by atoms with Gasteiger partial charge in [-0.05, 0) is 61.4 Å². The summed E-state index contributed by atoms with van der Waals surface area (Å²) in [5, 5.41) is 41.2. The quantitative estimate of drug-likeness (QED) is 0.0143. The molecule has 2 atom stereocenters. The number of hydrogen-bond acceptors (Lipinski definition) is 15. The monoisotopic (exact) mass is 929 g/mol. The minimum absolute atomic E-state index is 0.0421. The second kappa shape index (κ2) is 29.2. The van der Waals surface area contributed by atoms with Gasteiger partial charge in [0.1, 0.15) is 42.8 Å². The van der Waals surface area contributed by atoms with Gasteiger partial charge in [-0.2, -0.15) is 5.11 Å². The molecule has 350 valence electrons. The van der Waals surface area contributed by atoms with Crippen molar-refractivity contribution in [3.8, 4) is 11.5 Å². The number of hydrogen-bond donors (Lipinski definition) is 0. The molecule has 2 unspecified atom stereocenters. The van der Waals surface area contributed by atoms with Gasteiger partial charge >= 0.3 is 11.7 Å². The maximum atomic E-state index is 12.1. The molecule has 3 rings (SSSR count). The maximum Gasteiger partial charge on any atom is 0.307 e. The number of alkyl halides is 2. The number of non-ortho nitro benzene ring substituents is 1. The topological polar surface area (TPSA) is 210 Å². The Bertz CT molecular complexity index is 2010. The van der Waals surface area contributed by atoms with Gasteiger partial charge in [0.15, 0.2) is 11.5 Å². The normalized spacial score (nSPS) is 12.4. The summed E-state index contributed by atoms with van der Waals surface area (Å²) in [6.07, 6.45) is 8.08. The van der Waals surface area contributed by atoms with Crippen LogP contribution in [-0.2, 0) is 19.1 Å². The van der Waals surface area contributed by atoms with Crippen LogP contribution in [0.3, 0.4) is 0 Å².